The van der Waals surface area contributed by atoms with Crippen LogP contribution in [0.5, 0.6) is 0 Å². The van der Waals surface area contributed by atoms with Crippen molar-refractivity contribution in [1.82, 2.24) is 10.2 Å². The molecule has 1 heterocycles. The number of anilines is 3. The van der Waals surface area contributed by atoms with Crippen LogP contribution in [0.2, 0.25) is 0 Å². The van der Waals surface area contributed by atoms with Crippen LogP contribution in [0.3, 0.4) is 0 Å². The van der Waals surface area contributed by atoms with Crippen LogP contribution in [0.15, 0.2) is 60.7 Å². The van der Waals surface area contributed by atoms with E-state index in [-0.39, 0.29) is 11.6 Å². The van der Waals surface area contributed by atoms with Crippen molar-refractivity contribution in [3.8, 4) is 0 Å². The zero-order valence-corrected chi connectivity index (χ0v) is 14.3. The topological polar surface area (TPSA) is 66.9 Å². The summed E-state index contributed by atoms with van der Waals surface area (Å²) in [5.41, 5.74) is 4.25. The molecule has 0 unspecified atom stereocenters. The molecule has 3 aromatic rings. The Balaban J connectivity index is 1.71. The normalized spacial score (nSPS) is 10.3. The molecule has 126 valence electrons. The highest BCUT2D eigenvalue weighted by molar-refractivity contribution is 6.03. The van der Waals surface area contributed by atoms with Crippen molar-refractivity contribution in [1.29, 1.82) is 0 Å². The van der Waals surface area contributed by atoms with Gasteiger partial charge in [0.25, 0.3) is 5.91 Å². The lowest BCUT2D eigenvalue weighted by atomic mass is 10.1. The van der Waals surface area contributed by atoms with Gasteiger partial charge in [-0.25, -0.2) is 0 Å². The Morgan fingerprint density at radius 3 is 2.32 bits per heavy atom. The largest absolute Gasteiger partial charge is 0.339 e. The first-order valence-electron chi connectivity index (χ1n) is 8.23. The zero-order chi connectivity index (χ0) is 17.6. The predicted molar refractivity (Wildman–Crippen MR) is 100 cm³/mol. The first-order valence-corrected chi connectivity index (χ1v) is 8.23. The molecular weight excluding hydrogens is 312 g/mol. The first kappa shape index (κ1) is 16.6. The first-order chi connectivity index (χ1) is 12.2. The van der Waals surface area contributed by atoms with Crippen LogP contribution in [0.1, 0.15) is 28.5 Å². The maximum Gasteiger partial charge on any atom is 0.276 e. The van der Waals surface area contributed by atoms with Crippen molar-refractivity contribution < 1.29 is 4.79 Å². The number of amides is 1. The maximum atomic E-state index is 12.4. The molecule has 0 aliphatic rings. The molecule has 0 radical (unpaired) electrons. The average molecular weight is 332 g/mol. The summed E-state index contributed by atoms with van der Waals surface area (Å²) in [5.74, 6) is 0.329. The van der Waals surface area contributed by atoms with Crippen LogP contribution in [0.4, 0.5) is 17.2 Å². The fraction of sp³-hybridized carbons (Fsp3) is 0.150. The quantitative estimate of drug-likeness (QED) is 0.729. The Labute approximate surface area is 147 Å². The van der Waals surface area contributed by atoms with Gasteiger partial charge in [-0.3, -0.25) is 4.79 Å². The lowest BCUT2D eigenvalue weighted by molar-refractivity contribution is 0.102. The summed E-state index contributed by atoms with van der Waals surface area (Å²) >= 11 is 0. The summed E-state index contributed by atoms with van der Waals surface area (Å²) < 4.78 is 0. The molecule has 5 nitrogen and oxygen atoms in total. The number of rotatable bonds is 5. The number of hydrogen-bond donors (Lipinski definition) is 2. The molecule has 25 heavy (non-hydrogen) atoms. The smallest absolute Gasteiger partial charge is 0.276 e. The molecule has 0 atom stereocenters. The summed E-state index contributed by atoms with van der Waals surface area (Å²) in [7, 11) is 0. The Bertz CT molecular complexity index is 875. The summed E-state index contributed by atoms with van der Waals surface area (Å²) in [6, 6.07) is 19.1. The maximum absolute atomic E-state index is 12.4. The van der Waals surface area contributed by atoms with E-state index in [0.717, 1.165) is 28.9 Å². The minimum Gasteiger partial charge on any atom is -0.339 e. The molecule has 0 fully saturated rings. The number of carbonyl (C=O) groups excluding carboxylic acids is 1. The van der Waals surface area contributed by atoms with E-state index in [4.69, 9.17) is 0 Å². The molecule has 5 heteroatoms. The minimum atomic E-state index is -0.268. The second kappa shape index (κ2) is 7.57. The molecule has 0 bridgehead atoms. The molecule has 0 aliphatic carbocycles. The lowest BCUT2D eigenvalue weighted by Gasteiger charge is -2.10. The molecule has 2 N–H and O–H groups in total. The standard InChI is InChI=1S/C20H20N4O/c1-3-15-9-5-7-11-17(15)22-20(25)18-12-13-19(24-23-18)21-16-10-6-4-8-14(16)2/h4-13H,3H2,1-2H3,(H,21,24)(H,22,25). The molecule has 1 aromatic heterocycles. The van der Waals surface area contributed by atoms with E-state index in [1.54, 1.807) is 12.1 Å². The van der Waals surface area contributed by atoms with E-state index in [1.165, 1.54) is 0 Å². The van der Waals surface area contributed by atoms with Gasteiger partial charge < -0.3 is 10.6 Å². The van der Waals surface area contributed by atoms with E-state index >= 15 is 0 Å². The van der Waals surface area contributed by atoms with Gasteiger partial charge in [0.15, 0.2) is 11.5 Å². The third-order valence-corrected chi connectivity index (χ3v) is 3.95. The number of para-hydroxylation sites is 2. The van der Waals surface area contributed by atoms with Crippen LogP contribution in [0, 0.1) is 6.92 Å². The van der Waals surface area contributed by atoms with Crippen molar-refractivity contribution in [3.63, 3.8) is 0 Å². The number of aromatic nitrogens is 2. The number of nitrogens with zero attached hydrogens (tertiary/aromatic N) is 2. The van der Waals surface area contributed by atoms with Crippen LogP contribution in [-0.4, -0.2) is 16.1 Å². The average Bonchev–Trinajstić information content (AvgIpc) is 2.64. The number of benzene rings is 2. The van der Waals surface area contributed by atoms with Gasteiger partial charge in [0.1, 0.15) is 0 Å². The molecule has 0 aliphatic heterocycles. The molecule has 1 amide bonds. The van der Waals surface area contributed by atoms with E-state index in [2.05, 4.69) is 27.8 Å². The summed E-state index contributed by atoms with van der Waals surface area (Å²) in [6.07, 6.45) is 0.849. The van der Waals surface area contributed by atoms with Gasteiger partial charge in [-0.2, -0.15) is 0 Å². The number of carbonyl (C=O) groups is 1. The monoisotopic (exact) mass is 332 g/mol. The molecule has 2 aromatic carbocycles. The van der Waals surface area contributed by atoms with Gasteiger partial charge in [0.2, 0.25) is 0 Å². The summed E-state index contributed by atoms with van der Waals surface area (Å²) in [6.45, 7) is 4.07. The van der Waals surface area contributed by atoms with Gasteiger partial charge in [0, 0.05) is 11.4 Å². The third kappa shape index (κ3) is 4.01. The van der Waals surface area contributed by atoms with Gasteiger partial charge in [0.05, 0.1) is 0 Å². The fourth-order valence-electron chi connectivity index (χ4n) is 2.51. The molecule has 0 saturated heterocycles. The van der Waals surface area contributed by atoms with Gasteiger partial charge in [-0.05, 0) is 48.7 Å². The summed E-state index contributed by atoms with van der Waals surface area (Å²) in [4.78, 5) is 12.4. The van der Waals surface area contributed by atoms with Crippen molar-refractivity contribution in [2.45, 2.75) is 20.3 Å². The van der Waals surface area contributed by atoms with Crippen LogP contribution >= 0.6 is 0 Å². The number of hydrogen-bond acceptors (Lipinski definition) is 4. The highest BCUT2D eigenvalue weighted by atomic mass is 16.1. The van der Waals surface area contributed by atoms with Crippen LogP contribution < -0.4 is 10.6 Å². The minimum absolute atomic E-state index is 0.268. The summed E-state index contributed by atoms with van der Waals surface area (Å²) in [5, 5.41) is 14.2. The van der Waals surface area contributed by atoms with E-state index in [0.29, 0.717) is 5.82 Å². The van der Waals surface area contributed by atoms with Gasteiger partial charge in [-0.15, -0.1) is 10.2 Å². The lowest BCUT2D eigenvalue weighted by Crippen LogP contribution is -2.15. The predicted octanol–water partition coefficient (Wildman–Crippen LogP) is 4.34. The van der Waals surface area contributed by atoms with Crippen molar-refractivity contribution in [2.75, 3.05) is 10.6 Å². The Hall–Kier alpha value is -3.21. The molecular formula is C20H20N4O. The highest BCUT2D eigenvalue weighted by Crippen LogP contribution is 2.19. The van der Waals surface area contributed by atoms with Gasteiger partial charge in [-0.1, -0.05) is 43.3 Å². The Kier molecular flexibility index (Phi) is 5.04. The van der Waals surface area contributed by atoms with Crippen molar-refractivity contribution in [3.05, 3.63) is 77.5 Å². The van der Waals surface area contributed by atoms with E-state index in [9.17, 15) is 4.79 Å². The Morgan fingerprint density at radius 2 is 1.64 bits per heavy atom. The van der Waals surface area contributed by atoms with Crippen LogP contribution in [0.25, 0.3) is 0 Å². The highest BCUT2D eigenvalue weighted by Gasteiger charge is 2.10. The molecule has 0 spiro atoms. The van der Waals surface area contributed by atoms with Crippen molar-refractivity contribution >= 4 is 23.1 Å². The fourth-order valence-corrected chi connectivity index (χ4v) is 2.51. The molecule has 3 rings (SSSR count). The van der Waals surface area contributed by atoms with E-state index in [1.807, 2.05) is 55.5 Å². The van der Waals surface area contributed by atoms with Crippen molar-refractivity contribution in [2.24, 2.45) is 0 Å². The number of nitrogens with one attached hydrogen (secondary N) is 2. The van der Waals surface area contributed by atoms with E-state index < -0.39 is 0 Å². The van der Waals surface area contributed by atoms with Gasteiger partial charge >= 0.3 is 0 Å². The second-order valence-electron chi connectivity index (χ2n) is 5.71. The molecule has 0 saturated carbocycles. The Morgan fingerprint density at radius 1 is 0.920 bits per heavy atom. The second-order valence-corrected chi connectivity index (χ2v) is 5.71. The number of aryl methyl sites for hydroxylation is 2. The zero-order valence-electron chi connectivity index (χ0n) is 14.3. The SMILES string of the molecule is CCc1ccccc1NC(=O)c1ccc(Nc2ccccc2C)nn1. The third-order valence-electron chi connectivity index (χ3n) is 3.95. The van der Waals surface area contributed by atoms with Crippen LogP contribution in [-0.2, 0) is 6.42 Å².